The predicted octanol–water partition coefficient (Wildman–Crippen LogP) is 2.53. The number of anilines is 1. The Morgan fingerprint density at radius 3 is 3.06 bits per heavy atom. The molecule has 0 radical (unpaired) electrons. The van der Waals surface area contributed by atoms with Crippen LogP contribution in [0.1, 0.15) is 25.8 Å². The van der Waals surface area contributed by atoms with E-state index in [9.17, 15) is 9.18 Å². The van der Waals surface area contributed by atoms with Gasteiger partial charge >= 0.3 is 5.97 Å². The summed E-state index contributed by atoms with van der Waals surface area (Å²) in [5.41, 5.74) is 1.92. The van der Waals surface area contributed by atoms with Crippen LogP contribution in [-0.4, -0.2) is 25.2 Å². The molecule has 0 spiro atoms. The summed E-state index contributed by atoms with van der Waals surface area (Å²) in [5.74, 6) is -0.450. The third-order valence-corrected chi connectivity index (χ3v) is 3.29. The Labute approximate surface area is 107 Å². The summed E-state index contributed by atoms with van der Waals surface area (Å²) in [5, 5.41) is 0. The molecule has 1 aliphatic rings. The molecule has 1 heterocycles. The highest BCUT2D eigenvalue weighted by Crippen LogP contribution is 2.29. The van der Waals surface area contributed by atoms with Gasteiger partial charge in [0.25, 0.3) is 0 Å². The van der Waals surface area contributed by atoms with Crippen LogP contribution in [-0.2, 0) is 16.0 Å². The number of nitrogens with zero attached hydrogens (tertiary/aromatic N) is 1. The van der Waals surface area contributed by atoms with Crippen molar-refractivity contribution in [1.29, 1.82) is 0 Å². The number of aryl methyl sites for hydroxylation is 1. The standard InChI is InChI=1S/C14H18FNO2/c1-3-18-14(17)10(2)16-8-4-5-11-9-12(15)6-7-13(11)16/h6-7,9-10H,3-5,8H2,1-2H3/t10-/m1/s1. The van der Waals surface area contributed by atoms with E-state index >= 15 is 0 Å². The Morgan fingerprint density at radius 1 is 1.56 bits per heavy atom. The van der Waals surface area contributed by atoms with E-state index in [-0.39, 0.29) is 17.8 Å². The predicted molar refractivity (Wildman–Crippen MR) is 68.2 cm³/mol. The molecule has 0 amide bonds. The van der Waals surface area contributed by atoms with Gasteiger partial charge in [-0.05, 0) is 50.5 Å². The maximum atomic E-state index is 13.2. The SMILES string of the molecule is CCOC(=O)[C@@H](C)N1CCCc2cc(F)ccc21. The molecule has 98 valence electrons. The van der Waals surface area contributed by atoms with E-state index in [4.69, 9.17) is 4.74 Å². The first-order valence-electron chi connectivity index (χ1n) is 6.35. The second kappa shape index (κ2) is 5.38. The van der Waals surface area contributed by atoms with Crippen LogP contribution in [0.2, 0.25) is 0 Å². The lowest BCUT2D eigenvalue weighted by Gasteiger charge is -2.34. The molecule has 2 rings (SSSR count). The first-order valence-corrected chi connectivity index (χ1v) is 6.35. The Kier molecular flexibility index (Phi) is 3.84. The molecule has 1 atom stereocenters. The first kappa shape index (κ1) is 12.9. The maximum absolute atomic E-state index is 13.2. The van der Waals surface area contributed by atoms with Gasteiger partial charge in [-0.3, -0.25) is 0 Å². The van der Waals surface area contributed by atoms with Gasteiger partial charge in [-0.2, -0.15) is 0 Å². The molecular formula is C14H18FNO2. The van der Waals surface area contributed by atoms with Gasteiger partial charge in [0.1, 0.15) is 11.9 Å². The van der Waals surface area contributed by atoms with Gasteiger partial charge in [0, 0.05) is 12.2 Å². The number of fused-ring (bicyclic) bond motifs is 1. The molecule has 0 saturated heterocycles. The molecule has 1 aliphatic heterocycles. The Bertz CT molecular complexity index is 447. The van der Waals surface area contributed by atoms with Crippen molar-refractivity contribution in [2.45, 2.75) is 32.7 Å². The lowest BCUT2D eigenvalue weighted by molar-refractivity contribution is -0.144. The number of hydrogen-bond donors (Lipinski definition) is 0. The van der Waals surface area contributed by atoms with Crippen molar-refractivity contribution in [3.05, 3.63) is 29.6 Å². The lowest BCUT2D eigenvalue weighted by atomic mass is 10.00. The van der Waals surface area contributed by atoms with Gasteiger partial charge in [0.2, 0.25) is 0 Å². The van der Waals surface area contributed by atoms with Crippen LogP contribution in [0.3, 0.4) is 0 Å². The number of esters is 1. The van der Waals surface area contributed by atoms with E-state index in [1.54, 1.807) is 19.1 Å². The molecule has 0 saturated carbocycles. The van der Waals surface area contributed by atoms with Gasteiger partial charge in [-0.15, -0.1) is 0 Å². The van der Waals surface area contributed by atoms with E-state index in [1.807, 2.05) is 11.8 Å². The number of ether oxygens (including phenoxy) is 1. The second-order valence-corrected chi connectivity index (χ2v) is 4.50. The number of benzene rings is 1. The summed E-state index contributed by atoms with van der Waals surface area (Å²) in [6.45, 7) is 4.81. The number of hydrogen-bond acceptors (Lipinski definition) is 3. The van der Waals surface area contributed by atoms with Crippen LogP contribution in [0.25, 0.3) is 0 Å². The highest BCUT2D eigenvalue weighted by Gasteiger charge is 2.26. The Morgan fingerprint density at radius 2 is 2.33 bits per heavy atom. The third kappa shape index (κ3) is 2.47. The van der Waals surface area contributed by atoms with Crippen molar-refractivity contribution >= 4 is 11.7 Å². The second-order valence-electron chi connectivity index (χ2n) is 4.50. The fraction of sp³-hybridized carbons (Fsp3) is 0.500. The Hall–Kier alpha value is -1.58. The topological polar surface area (TPSA) is 29.5 Å². The lowest BCUT2D eigenvalue weighted by Crippen LogP contribution is -2.43. The van der Waals surface area contributed by atoms with Crippen molar-refractivity contribution in [2.24, 2.45) is 0 Å². The largest absolute Gasteiger partial charge is 0.464 e. The van der Waals surface area contributed by atoms with Crippen LogP contribution < -0.4 is 4.90 Å². The zero-order valence-electron chi connectivity index (χ0n) is 10.8. The summed E-state index contributed by atoms with van der Waals surface area (Å²) < 4.78 is 18.2. The van der Waals surface area contributed by atoms with Gasteiger partial charge < -0.3 is 9.64 Å². The van der Waals surface area contributed by atoms with Gasteiger partial charge in [-0.1, -0.05) is 0 Å². The normalized spacial score (nSPS) is 16.1. The summed E-state index contributed by atoms with van der Waals surface area (Å²) in [4.78, 5) is 13.8. The van der Waals surface area contributed by atoms with Crippen LogP contribution in [0.4, 0.5) is 10.1 Å². The molecule has 0 unspecified atom stereocenters. The number of carbonyl (C=O) groups is 1. The van der Waals surface area contributed by atoms with Gasteiger partial charge in [0.15, 0.2) is 0 Å². The monoisotopic (exact) mass is 251 g/mol. The zero-order valence-corrected chi connectivity index (χ0v) is 10.8. The van der Waals surface area contributed by atoms with Crippen LogP contribution in [0, 0.1) is 5.82 Å². The Balaban J connectivity index is 2.24. The molecular weight excluding hydrogens is 233 g/mol. The molecule has 18 heavy (non-hydrogen) atoms. The molecule has 0 N–H and O–H groups in total. The van der Waals surface area contributed by atoms with Crippen molar-refractivity contribution in [1.82, 2.24) is 0 Å². The molecule has 0 aliphatic carbocycles. The highest BCUT2D eigenvalue weighted by molar-refractivity contribution is 5.80. The molecule has 1 aromatic carbocycles. The first-order chi connectivity index (χ1) is 8.63. The van der Waals surface area contributed by atoms with Crippen molar-refractivity contribution < 1.29 is 13.9 Å². The molecule has 1 aromatic rings. The smallest absolute Gasteiger partial charge is 0.328 e. The van der Waals surface area contributed by atoms with Crippen LogP contribution in [0.15, 0.2) is 18.2 Å². The van der Waals surface area contributed by atoms with E-state index in [0.717, 1.165) is 30.6 Å². The number of carbonyl (C=O) groups excluding carboxylic acids is 1. The fourth-order valence-corrected chi connectivity index (χ4v) is 2.39. The van der Waals surface area contributed by atoms with Crippen molar-refractivity contribution in [3.63, 3.8) is 0 Å². The molecule has 0 aromatic heterocycles. The quantitative estimate of drug-likeness (QED) is 0.773. The highest BCUT2D eigenvalue weighted by atomic mass is 19.1. The molecule has 0 bridgehead atoms. The van der Waals surface area contributed by atoms with Gasteiger partial charge in [0.05, 0.1) is 6.61 Å². The van der Waals surface area contributed by atoms with Gasteiger partial charge in [-0.25, -0.2) is 9.18 Å². The summed E-state index contributed by atoms with van der Waals surface area (Å²) in [7, 11) is 0. The minimum absolute atomic E-state index is 0.223. The van der Waals surface area contributed by atoms with E-state index in [0.29, 0.717) is 6.61 Å². The van der Waals surface area contributed by atoms with E-state index in [2.05, 4.69) is 0 Å². The zero-order chi connectivity index (χ0) is 13.1. The van der Waals surface area contributed by atoms with Crippen molar-refractivity contribution in [3.8, 4) is 0 Å². The summed E-state index contributed by atoms with van der Waals surface area (Å²) >= 11 is 0. The molecule has 4 heteroatoms. The molecule has 0 fully saturated rings. The minimum Gasteiger partial charge on any atom is -0.464 e. The number of rotatable bonds is 3. The summed E-state index contributed by atoms with van der Waals surface area (Å²) in [6, 6.07) is 4.42. The minimum atomic E-state index is -0.325. The van der Waals surface area contributed by atoms with Crippen molar-refractivity contribution in [2.75, 3.05) is 18.1 Å². The third-order valence-electron chi connectivity index (χ3n) is 3.29. The van der Waals surface area contributed by atoms with Crippen LogP contribution >= 0.6 is 0 Å². The average Bonchev–Trinajstić information content (AvgIpc) is 2.37. The fourth-order valence-electron chi connectivity index (χ4n) is 2.39. The maximum Gasteiger partial charge on any atom is 0.328 e. The summed E-state index contributed by atoms with van der Waals surface area (Å²) in [6.07, 6.45) is 1.79. The van der Waals surface area contributed by atoms with Crippen LogP contribution in [0.5, 0.6) is 0 Å². The average molecular weight is 251 g/mol. The number of halogens is 1. The molecule has 3 nitrogen and oxygen atoms in total. The van der Waals surface area contributed by atoms with E-state index < -0.39 is 0 Å². The van der Waals surface area contributed by atoms with E-state index in [1.165, 1.54) is 6.07 Å².